The van der Waals surface area contributed by atoms with E-state index in [1.54, 1.807) is 0 Å². The average molecular weight is 902 g/mol. The van der Waals surface area contributed by atoms with Gasteiger partial charge < -0.3 is 19.1 Å². The van der Waals surface area contributed by atoms with Crippen molar-refractivity contribution in [2.75, 3.05) is 14.7 Å². The van der Waals surface area contributed by atoms with Gasteiger partial charge in [-0.2, -0.15) is 0 Å². The second-order valence-electron chi connectivity index (χ2n) is 22.5. The van der Waals surface area contributed by atoms with Crippen LogP contribution >= 0.6 is 11.8 Å². The Morgan fingerprint density at radius 1 is 0.500 bits per heavy atom. The molecule has 6 heteroatoms. The van der Waals surface area contributed by atoms with Crippen LogP contribution in [0.3, 0.4) is 0 Å². The van der Waals surface area contributed by atoms with Crippen LogP contribution < -0.4 is 31.1 Å². The molecule has 334 valence electrons. The van der Waals surface area contributed by atoms with E-state index in [4.69, 9.17) is 4.42 Å². The van der Waals surface area contributed by atoms with E-state index in [1.807, 2.05) is 11.8 Å². The first-order valence-electron chi connectivity index (χ1n) is 24.4. The summed E-state index contributed by atoms with van der Waals surface area (Å²) in [5, 5.41) is 2.47. The van der Waals surface area contributed by atoms with Crippen LogP contribution in [0, 0.1) is 0 Å². The van der Waals surface area contributed by atoms with Gasteiger partial charge in [-0.05, 0) is 133 Å². The van der Waals surface area contributed by atoms with Gasteiger partial charge in [0.05, 0.1) is 16.4 Å². The Kier molecular flexibility index (Phi) is 8.83. The molecule has 13 rings (SSSR count). The van der Waals surface area contributed by atoms with E-state index >= 15 is 0 Å². The molecule has 0 aliphatic carbocycles. The summed E-state index contributed by atoms with van der Waals surface area (Å²) in [7, 11) is 0. The summed E-state index contributed by atoms with van der Waals surface area (Å²) in [6.45, 7) is 20.9. The van der Waals surface area contributed by atoms with E-state index in [0.29, 0.717) is 0 Å². The number of anilines is 8. The van der Waals surface area contributed by atoms with E-state index in [1.165, 1.54) is 71.9 Å². The molecule has 1 aromatic heterocycles. The molecule has 0 saturated heterocycles. The van der Waals surface area contributed by atoms with Crippen molar-refractivity contribution in [3.63, 3.8) is 0 Å². The molecule has 5 heterocycles. The predicted octanol–water partition coefficient (Wildman–Crippen LogP) is 15.3. The monoisotopic (exact) mass is 901 g/mol. The highest BCUT2D eigenvalue weighted by atomic mass is 32.2. The Balaban J connectivity index is 1.11. The Hall–Kier alpha value is -6.63. The van der Waals surface area contributed by atoms with Gasteiger partial charge in [-0.15, -0.1) is 0 Å². The highest BCUT2D eigenvalue weighted by Gasteiger charge is 2.53. The van der Waals surface area contributed by atoms with Gasteiger partial charge in [0, 0.05) is 56.0 Å². The highest BCUT2D eigenvalue weighted by molar-refractivity contribution is 8.00. The summed E-state index contributed by atoms with van der Waals surface area (Å²) in [5.74, 6) is 0.284. The number of para-hydroxylation sites is 2. The van der Waals surface area contributed by atoms with Crippen molar-refractivity contribution in [1.82, 2.24) is 0 Å². The van der Waals surface area contributed by atoms with Gasteiger partial charge >= 0.3 is 0 Å². The van der Waals surface area contributed by atoms with Gasteiger partial charge in [0.25, 0.3) is 6.71 Å². The maximum atomic E-state index is 6.68. The molecular weight excluding hydrogens is 846 g/mol. The SMILES string of the molecule is CC(C)(C)c1ccc(N(c2ccc(C(C)(C)C)cc2)c2ccc3c(c2)N(c2cccc4oc5ccccc5c24)c2cc(C(C)(C)C)cc4c2B3c2cccc3c2N4C2Sc4ccccc4C32)cc1. The maximum absolute atomic E-state index is 6.68. The topological polar surface area (TPSA) is 22.9 Å². The van der Waals surface area contributed by atoms with Crippen LogP contribution in [0.4, 0.5) is 45.5 Å². The van der Waals surface area contributed by atoms with Gasteiger partial charge in [-0.3, -0.25) is 0 Å². The zero-order valence-corrected chi connectivity index (χ0v) is 41.3. The molecule has 9 aromatic rings. The first kappa shape index (κ1) is 41.6. The minimum atomic E-state index is -0.122. The number of nitrogens with zero attached hydrogens (tertiary/aromatic N) is 3. The number of benzene rings is 8. The van der Waals surface area contributed by atoms with Gasteiger partial charge in [-0.25, -0.2) is 0 Å². The third-order valence-corrected chi connectivity index (χ3v) is 16.6. The number of hydrogen-bond acceptors (Lipinski definition) is 5. The van der Waals surface area contributed by atoms with Crippen LogP contribution in [0.5, 0.6) is 0 Å². The smallest absolute Gasteiger partial charge is 0.252 e. The second-order valence-corrected chi connectivity index (χ2v) is 23.7. The molecular formula is C62H56BN3OS. The second kappa shape index (κ2) is 14.4. The summed E-state index contributed by atoms with van der Waals surface area (Å²) in [6, 6.07) is 62.3. The summed E-state index contributed by atoms with van der Waals surface area (Å²) >= 11 is 2.03. The molecule has 0 fully saturated rings. The summed E-state index contributed by atoms with van der Waals surface area (Å²) in [6.07, 6.45) is 0. The van der Waals surface area contributed by atoms with Crippen molar-refractivity contribution < 1.29 is 4.42 Å². The van der Waals surface area contributed by atoms with Crippen molar-refractivity contribution in [3.8, 4) is 0 Å². The predicted molar refractivity (Wildman–Crippen MR) is 290 cm³/mol. The van der Waals surface area contributed by atoms with Gasteiger partial charge in [0.1, 0.15) is 11.2 Å². The first-order chi connectivity index (χ1) is 32.6. The van der Waals surface area contributed by atoms with Gasteiger partial charge in [0.15, 0.2) is 0 Å². The van der Waals surface area contributed by atoms with Crippen molar-refractivity contribution in [2.24, 2.45) is 0 Å². The highest BCUT2D eigenvalue weighted by Crippen LogP contribution is 2.61. The van der Waals surface area contributed by atoms with Gasteiger partial charge in [-0.1, -0.05) is 165 Å². The molecule has 0 radical (unpaired) electrons. The molecule has 0 amide bonds. The van der Waals surface area contributed by atoms with E-state index in [0.717, 1.165) is 44.7 Å². The van der Waals surface area contributed by atoms with Gasteiger partial charge in [0.2, 0.25) is 0 Å². The lowest BCUT2D eigenvalue weighted by atomic mass is 9.33. The third kappa shape index (κ3) is 6.08. The quantitative estimate of drug-likeness (QED) is 0.164. The standard InChI is InChI=1S/C62H56BN3OS/c1-60(2,3)37-24-28-40(29-25-37)64(41-30-26-38(27-31-41)61(4,5)6)42-32-33-46-49(36-42)65(48-20-15-22-53-56(48)43-16-10-12-21-52(43)67-53)50-34-39(62(7,8)9)35-51-57(50)63(46)47-19-14-18-45-55-44-17-11-13-23-54(44)68-59(55)66(51)58(45)47/h10-36,55,59H,1-9H3. The Labute approximate surface area is 405 Å². The molecule has 0 saturated carbocycles. The first-order valence-corrected chi connectivity index (χ1v) is 25.2. The molecule has 2 atom stereocenters. The van der Waals surface area contributed by atoms with Crippen LogP contribution in [0.15, 0.2) is 173 Å². The maximum Gasteiger partial charge on any atom is 0.252 e. The molecule has 4 nitrogen and oxygen atoms in total. The molecule has 68 heavy (non-hydrogen) atoms. The molecule has 4 aliphatic heterocycles. The minimum absolute atomic E-state index is 0.0190. The largest absolute Gasteiger partial charge is 0.456 e. The summed E-state index contributed by atoms with van der Waals surface area (Å²) in [4.78, 5) is 9.21. The fourth-order valence-corrected chi connectivity index (χ4v) is 13.3. The lowest BCUT2D eigenvalue weighted by molar-refractivity contribution is 0.590. The molecule has 4 aliphatic rings. The zero-order chi connectivity index (χ0) is 46.6. The van der Waals surface area contributed by atoms with Crippen LogP contribution in [0.2, 0.25) is 0 Å². The number of rotatable bonds is 4. The van der Waals surface area contributed by atoms with Crippen molar-refractivity contribution >= 4 is 102 Å². The lowest BCUT2D eigenvalue weighted by Crippen LogP contribution is -2.62. The number of hydrogen-bond donors (Lipinski definition) is 0. The van der Waals surface area contributed by atoms with Crippen LogP contribution in [-0.4, -0.2) is 12.1 Å². The fraction of sp³-hybridized carbons (Fsp3) is 0.226. The fourth-order valence-electron chi connectivity index (χ4n) is 11.8. The average Bonchev–Trinajstić information content (AvgIpc) is 3.99. The van der Waals surface area contributed by atoms with E-state index < -0.39 is 0 Å². The van der Waals surface area contributed by atoms with Crippen LogP contribution in [0.1, 0.15) is 96.0 Å². The molecule has 8 aromatic carbocycles. The Morgan fingerprint density at radius 2 is 1.10 bits per heavy atom. The molecule has 0 N–H and O–H groups in total. The van der Waals surface area contributed by atoms with Crippen LogP contribution in [-0.2, 0) is 16.2 Å². The third-order valence-electron chi connectivity index (χ3n) is 15.2. The molecule has 0 spiro atoms. The van der Waals surface area contributed by atoms with E-state index in [2.05, 4.69) is 241 Å². The molecule has 0 bridgehead atoms. The number of fused-ring (bicyclic) bond motifs is 12. The Morgan fingerprint density at radius 3 is 1.81 bits per heavy atom. The van der Waals surface area contributed by atoms with E-state index in [-0.39, 0.29) is 34.2 Å². The van der Waals surface area contributed by atoms with Crippen molar-refractivity contribution in [3.05, 3.63) is 192 Å². The number of furan rings is 1. The van der Waals surface area contributed by atoms with Crippen molar-refractivity contribution in [2.45, 2.75) is 94.7 Å². The normalized spacial score (nSPS) is 16.8. The number of thioether (sulfide) groups is 1. The lowest BCUT2D eigenvalue weighted by Gasteiger charge is -2.45. The van der Waals surface area contributed by atoms with E-state index in [9.17, 15) is 0 Å². The zero-order valence-electron chi connectivity index (χ0n) is 40.5. The molecule has 2 unspecified atom stereocenters. The summed E-state index contributed by atoms with van der Waals surface area (Å²) in [5.41, 5.74) is 22.3. The Bertz CT molecular complexity index is 3480. The minimum Gasteiger partial charge on any atom is -0.456 e. The van der Waals surface area contributed by atoms with Crippen molar-refractivity contribution in [1.29, 1.82) is 0 Å². The summed E-state index contributed by atoms with van der Waals surface area (Å²) < 4.78 is 6.68. The van der Waals surface area contributed by atoms with Crippen LogP contribution in [0.25, 0.3) is 21.9 Å².